The van der Waals surface area contributed by atoms with Crippen molar-refractivity contribution >= 4 is 29.9 Å². The van der Waals surface area contributed by atoms with E-state index >= 15 is 0 Å². The lowest BCUT2D eigenvalue weighted by Crippen LogP contribution is -2.37. The van der Waals surface area contributed by atoms with Gasteiger partial charge in [0.25, 0.3) is 0 Å². The average Bonchev–Trinajstić information content (AvgIpc) is 2.44. The lowest BCUT2D eigenvalue weighted by Gasteiger charge is -2.15. The van der Waals surface area contributed by atoms with Crippen molar-refractivity contribution in [2.45, 2.75) is 26.5 Å². The number of rotatable bonds is 7. The van der Waals surface area contributed by atoms with Crippen molar-refractivity contribution in [3.05, 3.63) is 29.3 Å². The standard InChI is InChI=1S/C14H20F3N3O.HI/c1-10-4-5-12(21-13(16)17)11(8-10)9-20-14(18-2)19-7-3-6-15;/h4-5,8,13H,3,6-7,9H2,1-2H3,(H2,18,19,20);1H. The number of nitrogens with zero attached hydrogens (tertiary/aromatic N) is 1. The number of halogens is 4. The van der Waals surface area contributed by atoms with Gasteiger partial charge in [-0.05, 0) is 19.4 Å². The third kappa shape index (κ3) is 7.71. The lowest BCUT2D eigenvalue weighted by atomic mass is 10.1. The van der Waals surface area contributed by atoms with Gasteiger partial charge in [0.2, 0.25) is 0 Å². The Morgan fingerprint density at radius 1 is 1.32 bits per heavy atom. The van der Waals surface area contributed by atoms with Gasteiger partial charge in [-0.25, -0.2) is 0 Å². The minimum atomic E-state index is -2.87. The van der Waals surface area contributed by atoms with Crippen LogP contribution in [0.3, 0.4) is 0 Å². The molecule has 0 unspecified atom stereocenters. The van der Waals surface area contributed by atoms with Crippen molar-refractivity contribution in [3.8, 4) is 5.75 Å². The SMILES string of the molecule is CN=C(NCCCF)NCc1cc(C)ccc1OC(F)F.I. The third-order valence-electron chi connectivity index (χ3n) is 2.70. The summed E-state index contributed by atoms with van der Waals surface area (Å²) in [4.78, 5) is 3.97. The highest BCUT2D eigenvalue weighted by Crippen LogP contribution is 2.21. The lowest BCUT2D eigenvalue weighted by molar-refractivity contribution is -0.0504. The molecule has 22 heavy (non-hydrogen) atoms. The molecule has 0 aromatic heterocycles. The van der Waals surface area contributed by atoms with Gasteiger partial charge in [0.05, 0.1) is 6.67 Å². The molecule has 1 rings (SSSR count). The fourth-order valence-corrected chi connectivity index (χ4v) is 1.73. The van der Waals surface area contributed by atoms with Crippen LogP contribution >= 0.6 is 24.0 Å². The molecule has 0 heterocycles. The maximum atomic E-state index is 12.4. The first-order valence-corrected chi connectivity index (χ1v) is 6.61. The van der Waals surface area contributed by atoms with Gasteiger partial charge in [-0.15, -0.1) is 24.0 Å². The first-order chi connectivity index (χ1) is 10.1. The summed E-state index contributed by atoms with van der Waals surface area (Å²) in [6.07, 6.45) is 0.380. The molecule has 0 aliphatic carbocycles. The van der Waals surface area contributed by atoms with Crippen molar-refractivity contribution < 1.29 is 17.9 Å². The van der Waals surface area contributed by atoms with Crippen LogP contribution in [0.5, 0.6) is 5.75 Å². The molecular weight excluding hydrogens is 410 g/mol. The highest BCUT2D eigenvalue weighted by atomic mass is 127. The number of nitrogens with one attached hydrogen (secondary N) is 2. The van der Waals surface area contributed by atoms with Crippen LogP contribution in [0.4, 0.5) is 13.2 Å². The van der Waals surface area contributed by atoms with Crippen molar-refractivity contribution in [3.63, 3.8) is 0 Å². The summed E-state index contributed by atoms with van der Waals surface area (Å²) in [6.45, 7) is -0.685. The molecule has 0 saturated carbocycles. The van der Waals surface area contributed by atoms with Crippen LogP contribution in [0, 0.1) is 6.92 Å². The van der Waals surface area contributed by atoms with Crippen LogP contribution < -0.4 is 15.4 Å². The molecule has 0 fully saturated rings. The van der Waals surface area contributed by atoms with Crippen LogP contribution in [0.25, 0.3) is 0 Å². The number of guanidine groups is 1. The minimum Gasteiger partial charge on any atom is -0.434 e. The van der Waals surface area contributed by atoms with Crippen LogP contribution in [0.15, 0.2) is 23.2 Å². The normalized spacial score (nSPS) is 11.1. The molecule has 1 aromatic rings. The van der Waals surface area contributed by atoms with Crippen molar-refractivity contribution in [1.29, 1.82) is 0 Å². The summed E-state index contributed by atoms with van der Waals surface area (Å²) >= 11 is 0. The van der Waals surface area contributed by atoms with Crippen molar-refractivity contribution in [1.82, 2.24) is 10.6 Å². The molecule has 0 saturated heterocycles. The fourth-order valence-electron chi connectivity index (χ4n) is 1.73. The predicted molar refractivity (Wildman–Crippen MR) is 92.0 cm³/mol. The van der Waals surface area contributed by atoms with E-state index in [-0.39, 0.29) is 36.3 Å². The first-order valence-electron chi connectivity index (χ1n) is 6.61. The van der Waals surface area contributed by atoms with Gasteiger partial charge >= 0.3 is 6.61 Å². The zero-order valence-electron chi connectivity index (χ0n) is 12.5. The Hall–Kier alpha value is -1.19. The number of ether oxygens (including phenoxy) is 1. The van der Waals surface area contributed by atoms with Gasteiger partial charge in [0, 0.05) is 25.7 Å². The fraction of sp³-hybridized carbons (Fsp3) is 0.500. The second-order valence-electron chi connectivity index (χ2n) is 4.38. The maximum absolute atomic E-state index is 12.4. The number of hydrogen-bond acceptors (Lipinski definition) is 2. The van der Waals surface area contributed by atoms with E-state index in [0.717, 1.165) is 5.56 Å². The Balaban J connectivity index is 0.00000441. The molecule has 0 radical (unpaired) electrons. The van der Waals surface area contributed by atoms with Gasteiger partial charge in [0.1, 0.15) is 5.75 Å². The molecule has 2 N–H and O–H groups in total. The molecule has 0 spiro atoms. The summed E-state index contributed by atoms with van der Waals surface area (Å²) in [5, 5.41) is 5.90. The molecule has 1 aromatic carbocycles. The Labute approximate surface area is 145 Å². The van der Waals surface area contributed by atoms with E-state index in [9.17, 15) is 13.2 Å². The topological polar surface area (TPSA) is 45.7 Å². The number of alkyl halides is 3. The van der Waals surface area contributed by atoms with Crippen LogP contribution in [-0.2, 0) is 6.54 Å². The molecular formula is C14H21F3IN3O. The van der Waals surface area contributed by atoms with E-state index in [4.69, 9.17) is 0 Å². The van der Waals surface area contributed by atoms with Crippen molar-refractivity contribution in [2.24, 2.45) is 4.99 Å². The highest BCUT2D eigenvalue weighted by molar-refractivity contribution is 14.0. The van der Waals surface area contributed by atoms with E-state index in [0.29, 0.717) is 24.5 Å². The van der Waals surface area contributed by atoms with Gasteiger partial charge in [-0.1, -0.05) is 17.7 Å². The number of hydrogen-bond donors (Lipinski definition) is 2. The van der Waals surface area contributed by atoms with Crippen LogP contribution in [-0.4, -0.2) is 32.8 Å². The quantitative estimate of drug-likeness (QED) is 0.302. The molecule has 0 atom stereocenters. The van der Waals surface area contributed by atoms with Gasteiger partial charge < -0.3 is 15.4 Å². The molecule has 0 amide bonds. The Bertz CT molecular complexity index is 473. The average molecular weight is 431 g/mol. The summed E-state index contributed by atoms with van der Waals surface area (Å²) in [7, 11) is 1.58. The third-order valence-corrected chi connectivity index (χ3v) is 2.70. The maximum Gasteiger partial charge on any atom is 0.387 e. The van der Waals surface area contributed by atoms with E-state index in [1.165, 1.54) is 6.07 Å². The largest absolute Gasteiger partial charge is 0.434 e. The van der Waals surface area contributed by atoms with Crippen LogP contribution in [0.1, 0.15) is 17.5 Å². The first kappa shape index (κ1) is 20.8. The number of aliphatic imine (C=N–C) groups is 1. The molecule has 0 aliphatic heterocycles. The zero-order chi connectivity index (χ0) is 15.7. The Kier molecular flexibility index (Phi) is 10.8. The zero-order valence-corrected chi connectivity index (χ0v) is 14.9. The second-order valence-corrected chi connectivity index (χ2v) is 4.38. The van der Waals surface area contributed by atoms with E-state index in [1.807, 2.05) is 6.92 Å². The summed E-state index contributed by atoms with van der Waals surface area (Å²) in [6, 6.07) is 4.98. The van der Waals surface area contributed by atoms with Gasteiger partial charge in [-0.3, -0.25) is 9.38 Å². The molecule has 8 heteroatoms. The van der Waals surface area contributed by atoms with E-state index < -0.39 is 13.3 Å². The van der Waals surface area contributed by atoms with Crippen LogP contribution in [0.2, 0.25) is 0 Å². The van der Waals surface area contributed by atoms with E-state index in [1.54, 1.807) is 19.2 Å². The minimum absolute atomic E-state index is 0. The molecule has 0 aliphatic rings. The summed E-state index contributed by atoms with van der Waals surface area (Å²) in [5.74, 6) is 0.607. The summed E-state index contributed by atoms with van der Waals surface area (Å²) < 4.78 is 41.2. The smallest absolute Gasteiger partial charge is 0.387 e. The highest BCUT2D eigenvalue weighted by Gasteiger charge is 2.10. The Morgan fingerprint density at radius 3 is 2.64 bits per heavy atom. The second kappa shape index (κ2) is 11.4. The molecule has 126 valence electrons. The van der Waals surface area contributed by atoms with Gasteiger partial charge in [-0.2, -0.15) is 8.78 Å². The number of benzene rings is 1. The number of aryl methyl sites for hydroxylation is 1. The molecule has 0 bridgehead atoms. The van der Waals surface area contributed by atoms with Gasteiger partial charge in [0.15, 0.2) is 5.96 Å². The Morgan fingerprint density at radius 2 is 2.05 bits per heavy atom. The molecule has 4 nitrogen and oxygen atoms in total. The van der Waals surface area contributed by atoms with E-state index in [2.05, 4.69) is 20.4 Å². The monoisotopic (exact) mass is 431 g/mol. The predicted octanol–water partition coefficient (Wildman–Crippen LogP) is 3.24. The summed E-state index contributed by atoms with van der Waals surface area (Å²) in [5.41, 5.74) is 1.54. The van der Waals surface area contributed by atoms with Crippen molar-refractivity contribution in [2.75, 3.05) is 20.3 Å².